The lowest BCUT2D eigenvalue weighted by Crippen LogP contribution is -2.19. The van der Waals surface area contributed by atoms with Crippen molar-refractivity contribution in [2.75, 3.05) is 6.61 Å². The monoisotopic (exact) mass is 654 g/mol. The molecule has 5 nitrogen and oxygen atoms in total. The van der Waals surface area contributed by atoms with Gasteiger partial charge in [-0.15, -0.1) is 0 Å². The summed E-state index contributed by atoms with van der Waals surface area (Å²) >= 11 is 20.5. The molecule has 0 aliphatic carbocycles. The first kappa shape index (κ1) is 26.1. The van der Waals surface area contributed by atoms with E-state index in [1.165, 1.54) is 11.8 Å². The molecule has 35 heavy (non-hydrogen) atoms. The molecule has 1 fully saturated rings. The molecular weight excluding hydrogens is 639 g/mol. The van der Waals surface area contributed by atoms with Crippen LogP contribution in [0.15, 0.2) is 73.4 Å². The van der Waals surface area contributed by atoms with E-state index >= 15 is 0 Å². The van der Waals surface area contributed by atoms with Gasteiger partial charge in [0.2, 0.25) is 0 Å². The Labute approximate surface area is 234 Å². The lowest BCUT2D eigenvalue weighted by atomic mass is 10.2. The number of aliphatic imine (C=N–C) groups is 1. The molecule has 0 unspecified atom stereocenters. The van der Waals surface area contributed by atoms with Crippen LogP contribution in [0.1, 0.15) is 18.1 Å². The van der Waals surface area contributed by atoms with E-state index in [2.05, 4.69) is 42.2 Å². The van der Waals surface area contributed by atoms with Crippen molar-refractivity contribution in [3.8, 4) is 11.5 Å². The number of rotatable bonds is 7. The van der Waals surface area contributed by atoms with Gasteiger partial charge in [-0.25, -0.2) is 4.99 Å². The third kappa shape index (κ3) is 6.83. The molecule has 0 spiro atoms. The smallest absolute Gasteiger partial charge is 0.264 e. The number of hydrogen-bond donors (Lipinski definition) is 1. The zero-order chi connectivity index (χ0) is 24.9. The molecule has 1 N–H and O–H groups in total. The summed E-state index contributed by atoms with van der Waals surface area (Å²) in [6.45, 7) is 2.85. The Morgan fingerprint density at radius 1 is 1.00 bits per heavy atom. The fourth-order valence-corrected chi connectivity index (χ4v) is 5.73. The Balaban J connectivity index is 1.47. The number of amidine groups is 1. The largest absolute Gasteiger partial charge is 0.494 e. The van der Waals surface area contributed by atoms with E-state index in [4.69, 9.17) is 32.7 Å². The average molecular weight is 657 g/mol. The van der Waals surface area contributed by atoms with Gasteiger partial charge < -0.3 is 14.8 Å². The zero-order valence-corrected chi connectivity index (χ0v) is 23.8. The minimum atomic E-state index is -0.202. The van der Waals surface area contributed by atoms with Crippen LogP contribution < -0.4 is 14.8 Å². The number of carbonyl (C=O) groups is 1. The van der Waals surface area contributed by atoms with Gasteiger partial charge in [0.15, 0.2) is 5.17 Å². The summed E-state index contributed by atoms with van der Waals surface area (Å²) in [5, 5.41) is 4.30. The minimum Gasteiger partial charge on any atom is -0.494 e. The predicted octanol–water partition coefficient (Wildman–Crippen LogP) is 8.39. The van der Waals surface area contributed by atoms with Crippen molar-refractivity contribution in [2.45, 2.75) is 13.5 Å². The van der Waals surface area contributed by atoms with Crippen LogP contribution in [0.5, 0.6) is 11.5 Å². The van der Waals surface area contributed by atoms with Gasteiger partial charge in [-0.05, 0) is 116 Å². The Morgan fingerprint density at radius 3 is 2.37 bits per heavy atom. The highest BCUT2D eigenvalue weighted by Crippen LogP contribution is 2.37. The summed E-state index contributed by atoms with van der Waals surface area (Å²) in [4.78, 5) is 17.5. The lowest BCUT2D eigenvalue weighted by Gasteiger charge is -2.12. The maximum absolute atomic E-state index is 12.5. The Morgan fingerprint density at radius 2 is 1.71 bits per heavy atom. The van der Waals surface area contributed by atoms with Gasteiger partial charge in [-0.1, -0.05) is 29.3 Å². The van der Waals surface area contributed by atoms with E-state index < -0.39 is 0 Å². The van der Waals surface area contributed by atoms with E-state index in [9.17, 15) is 4.79 Å². The summed E-state index contributed by atoms with van der Waals surface area (Å²) in [5.41, 5.74) is 2.44. The Bertz CT molecular complexity index is 1310. The fraction of sp³-hybridized carbons (Fsp3) is 0.120. The maximum atomic E-state index is 12.5. The van der Waals surface area contributed by atoms with E-state index in [0.29, 0.717) is 39.1 Å². The van der Waals surface area contributed by atoms with Crippen LogP contribution in [0.4, 0.5) is 5.69 Å². The molecule has 180 valence electrons. The molecule has 1 aliphatic heterocycles. The summed E-state index contributed by atoms with van der Waals surface area (Å²) in [6, 6.07) is 16.5. The Hall–Kier alpha value is -1.97. The molecular formula is C25H18Br2Cl2N2O3S. The molecule has 4 rings (SSSR count). The number of carbonyl (C=O) groups excluding carboxylic acids is 1. The van der Waals surface area contributed by atoms with Gasteiger partial charge in [0.05, 0.1) is 36.2 Å². The standard InChI is InChI=1S/C25H18Br2Cl2N2O3S/c1-2-33-17-6-4-16(5-7-17)30-25-31-24(32)22(35-25)12-15-9-18(26)23(19(27)10-15)34-13-14-3-8-20(28)21(29)11-14/h3-12H,2,13H2,1H3,(H,30,31,32)/b22-12+. The third-order valence-electron chi connectivity index (χ3n) is 4.71. The topological polar surface area (TPSA) is 59.9 Å². The highest BCUT2D eigenvalue weighted by atomic mass is 79.9. The lowest BCUT2D eigenvalue weighted by molar-refractivity contribution is -0.115. The second-order valence-electron chi connectivity index (χ2n) is 7.26. The molecule has 1 heterocycles. The summed E-state index contributed by atoms with van der Waals surface area (Å²) in [5.74, 6) is 1.21. The molecule has 10 heteroatoms. The first-order chi connectivity index (χ1) is 16.8. The molecule has 0 aromatic heterocycles. The number of ether oxygens (including phenoxy) is 2. The molecule has 3 aromatic carbocycles. The summed E-state index contributed by atoms with van der Waals surface area (Å²) in [6.07, 6.45) is 1.80. The normalized spacial score (nSPS) is 15.5. The highest BCUT2D eigenvalue weighted by molar-refractivity contribution is 9.11. The molecule has 0 atom stereocenters. The minimum absolute atomic E-state index is 0.202. The van der Waals surface area contributed by atoms with Crippen molar-refractivity contribution in [3.05, 3.63) is 89.6 Å². The highest BCUT2D eigenvalue weighted by Gasteiger charge is 2.24. The van der Waals surface area contributed by atoms with Crippen LogP contribution in [0.2, 0.25) is 10.0 Å². The van der Waals surface area contributed by atoms with Crippen LogP contribution in [-0.2, 0) is 11.4 Å². The van der Waals surface area contributed by atoms with Crippen LogP contribution in [0.3, 0.4) is 0 Å². The van der Waals surface area contributed by atoms with Crippen molar-refractivity contribution in [1.82, 2.24) is 5.32 Å². The van der Waals surface area contributed by atoms with E-state index in [1.54, 1.807) is 18.2 Å². The van der Waals surface area contributed by atoms with Gasteiger partial charge in [0.25, 0.3) is 5.91 Å². The summed E-state index contributed by atoms with van der Waals surface area (Å²) in [7, 11) is 0. The number of thioether (sulfide) groups is 1. The van der Waals surface area contributed by atoms with E-state index in [1.807, 2.05) is 49.4 Å². The third-order valence-corrected chi connectivity index (χ3v) is 7.54. The number of nitrogens with zero attached hydrogens (tertiary/aromatic N) is 1. The predicted molar refractivity (Wildman–Crippen MR) is 151 cm³/mol. The van der Waals surface area contributed by atoms with Gasteiger partial charge >= 0.3 is 0 Å². The van der Waals surface area contributed by atoms with Crippen molar-refractivity contribution >= 4 is 89.7 Å². The molecule has 3 aromatic rings. The fourth-order valence-electron chi connectivity index (χ4n) is 3.12. The van der Waals surface area contributed by atoms with Gasteiger partial charge in [0, 0.05) is 0 Å². The molecule has 0 bridgehead atoms. The molecule has 1 amide bonds. The summed E-state index contributed by atoms with van der Waals surface area (Å²) < 4.78 is 12.9. The second-order valence-corrected chi connectivity index (χ2v) is 10.8. The number of amides is 1. The molecule has 0 saturated carbocycles. The SMILES string of the molecule is CCOc1ccc(N=C2NC(=O)/C(=C\c3cc(Br)c(OCc4ccc(Cl)c(Cl)c4)c(Br)c3)S2)cc1. The van der Waals surface area contributed by atoms with Crippen molar-refractivity contribution in [1.29, 1.82) is 0 Å². The number of nitrogens with one attached hydrogen (secondary N) is 1. The number of hydrogen-bond acceptors (Lipinski definition) is 5. The zero-order valence-electron chi connectivity index (χ0n) is 18.3. The van der Waals surface area contributed by atoms with Crippen LogP contribution in [-0.4, -0.2) is 17.7 Å². The Kier molecular flexibility index (Phi) is 8.83. The number of benzene rings is 3. The first-order valence-corrected chi connectivity index (χ1v) is 13.6. The van der Waals surface area contributed by atoms with Gasteiger partial charge in [0.1, 0.15) is 18.1 Å². The molecule has 1 saturated heterocycles. The van der Waals surface area contributed by atoms with E-state index in [0.717, 1.165) is 31.5 Å². The number of halogens is 4. The average Bonchev–Trinajstić information content (AvgIpc) is 3.15. The van der Waals surface area contributed by atoms with Crippen molar-refractivity contribution < 1.29 is 14.3 Å². The van der Waals surface area contributed by atoms with Crippen LogP contribution >= 0.6 is 66.8 Å². The quantitative estimate of drug-likeness (QED) is 0.260. The van der Waals surface area contributed by atoms with Gasteiger partial charge in [-0.3, -0.25) is 4.79 Å². The van der Waals surface area contributed by atoms with E-state index in [-0.39, 0.29) is 5.91 Å². The molecule has 1 aliphatic rings. The first-order valence-electron chi connectivity index (χ1n) is 10.4. The molecule has 0 radical (unpaired) electrons. The van der Waals surface area contributed by atoms with Crippen molar-refractivity contribution in [2.24, 2.45) is 4.99 Å². The second kappa shape index (κ2) is 11.8. The maximum Gasteiger partial charge on any atom is 0.264 e. The van der Waals surface area contributed by atoms with Crippen LogP contribution in [0.25, 0.3) is 6.08 Å². The van der Waals surface area contributed by atoms with Gasteiger partial charge in [-0.2, -0.15) is 0 Å². The van der Waals surface area contributed by atoms with Crippen LogP contribution in [0, 0.1) is 0 Å². The van der Waals surface area contributed by atoms with Crippen molar-refractivity contribution in [3.63, 3.8) is 0 Å².